The lowest BCUT2D eigenvalue weighted by Gasteiger charge is -2.34. The minimum absolute atomic E-state index is 0.0453. The van der Waals surface area contributed by atoms with Gasteiger partial charge in [-0.05, 0) is 36.9 Å². The maximum Gasteiger partial charge on any atom is 0.326 e. The highest BCUT2D eigenvalue weighted by atomic mass is 35.5. The van der Waals surface area contributed by atoms with Crippen LogP contribution in [0.1, 0.15) is 15.9 Å². The summed E-state index contributed by atoms with van der Waals surface area (Å²) in [6.45, 7) is 2.17. The maximum absolute atomic E-state index is 12.9. The van der Waals surface area contributed by atoms with Crippen molar-refractivity contribution >= 4 is 52.6 Å². The fourth-order valence-electron chi connectivity index (χ4n) is 4.30. The third-order valence-electron chi connectivity index (χ3n) is 6.54. The molecule has 0 bridgehead atoms. The predicted octanol–water partition coefficient (Wildman–Crippen LogP) is 1.87. The van der Waals surface area contributed by atoms with Crippen molar-refractivity contribution in [2.75, 3.05) is 45.3 Å². The molecular formula is C26H28Cl2N4O7. The highest BCUT2D eigenvalue weighted by Gasteiger charge is 2.43. The van der Waals surface area contributed by atoms with Crippen LogP contribution in [-0.4, -0.2) is 96.9 Å². The van der Waals surface area contributed by atoms with Crippen molar-refractivity contribution in [2.45, 2.75) is 24.7 Å². The van der Waals surface area contributed by atoms with E-state index in [1.165, 1.54) is 0 Å². The van der Waals surface area contributed by atoms with Gasteiger partial charge in [0.15, 0.2) is 12.2 Å². The Hall–Kier alpha value is -3.22. The average Bonchev–Trinajstić information content (AvgIpc) is 3.39. The summed E-state index contributed by atoms with van der Waals surface area (Å²) in [6.07, 6.45) is -2.44. The first kappa shape index (κ1) is 28.8. The van der Waals surface area contributed by atoms with Crippen molar-refractivity contribution in [3.05, 3.63) is 63.6 Å². The molecule has 2 saturated heterocycles. The monoisotopic (exact) mass is 578 g/mol. The maximum atomic E-state index is 12.9. The second kappa shape index (κ2) is 12.8. The number of hydrogen-bond acceptors (Lipinski definition) is 7. The van der Waals surface area contributed by atoms with E-state index < -0.39 is 36.0 Å². The number of aliphatic carboxylic acids is 1. The fourth-order valence-corrected chi connectivity index (χ4v) is 4.87. The highest BCUT2D eigenvalue weighted by Crippen LogP contribution is 2.25. The van der Waals surface area contributed by atoms with Gasteiger partial charge in [0, 0.05) is 38.3 Å². The number of halogens is 2. The molecule has 208 valence electrons. The van der Waals surface area contributed by atoms with Crippen LogP contribution in [0.25, 0.3) is 0 Å². The molecule has 0 radical (unpaired) electrons. The number of nitrogens with one attached hydrogen (secondary N) is 2. The van der Waals surface area contributed by atoms with E-state index in [2.05, 4.69) is 15.5 Å². The zero-order chi connectivity index (χ0) is 28.1. The van der Waals surface area contributed by atoms with Gasteiger partial charge < -0.3 is 35.0 Å². The molecule has 3 amide bonds. The number of carboxylic acid groups (broad SMARTS) is 1. The van der Waals surface area contributed by atoms with Crippen LogP contribution in [-0.2, 0) is 30.3 Å². The smallest absolute Gasteiger partial charge is 0.326 e. The van der Waals surface area contributed by atoms with Crippen LogP contribution < -0.4 is 10.6 Å². The average molecular weight is 579 g/mol. The van der Waals surface area contributed by atoms with Crippen LogP contribution in [0.15, 0.2) is 42.5 Å². The third-order valence-corrected chi connectivity index (χ3v) is 7.17. The Bertz CT molecular complexity index is 1220. The summed E-state index contributed by atoms with van der Waals surface area (Å²) in [5.41, 5.74) is 1.17. The molecule has 0 saturated carbocycles. The van der Waals surface area contributed by atoms with Crippen molar-refractivity contribution in [3.8, 4) is 0 Å². The number of carbonyl (C=O) groups is 4. The predicted molar refractivity (Wildman–Crippen MR) is 143 cm³/mol. The Balaban J connectivity index is 1.36. The minimum atomic E-state index is -1.29. The Morgan fingerprint density at radius 2 is 1.59 bits per heavy atom. The molecule has 3 atom stereocenters. The van der Waals surface area contributed by atoms with Crippen LogP contribution in [0.3, 0.4) is 0 Å². The van der Waals surface area contributed by atoms with Gasteiger partial charge in [0.2, 0.25) is 0 Å². The molecule has 2 aromatic rings. The zero-order valence-electron chi connectivity index (χ0n) is 21.1. The molecule has 2 aliphatic rings. The summed E-state index contributed by atoms with van der Waals surface area (Å²) in [7, 11) is 1.96. The first-order chi connectivity index (χ1) is 18.6. The Kier molecular flexibility index (Phi) is 9.41. The Morgan fingerprint density at radius 1 is 0.974 bits per heavy atom. The van der Waals surface area contributed by atoms with Gasteiger partial charge in [0.05, 0.1) is 15.6 Å². The zero-order valence-corrected chi connectivity index (χ0v) is 22.6. The molecule has 2 fully saturated rings. The lowest BCUT2D eigenvalue weighted by molar-refractivity contribution is -0.147. The largest absolute Gasteiger partial charge is 0.480 e. The topological polar surface area (TPSA) is 138 Å². The highest BCUT2D eigenvalue weighted by molar-refractivity contribution is 6.40. The number of hydrogen-bond donors (Lipinski definition) is 3. The van der Waals surface area contributed by atoms with E-state index in [1.54, 1.807) is 47.4 Å². The molecule has 2 aliphatic heterocycles. The number of amides is 3. The third kappa shape index (κ3) is 7.06. The number of benzene rings is 2. The Morgan fingerprint density at radius 3 is 2.21 bits per heavy atom. The van der Waals surface area contributed by atoms with E-state index in [-0.39, 0.29) is 34.7 Å². The SMILES string of the molecule is CN1CCN(C(=O)[C@@H]2OCO[C@H]2C(=O)N[C@@H](Cc2ccc(NC(=O)c3c(Cl)cccc3Cl)cc2)C(=O)O)CC1. The van der Waals surface area contributed by atoms with Crippen molar-refractivity contribution in [3.63, 3.8) is 0 Å². The molecule has 13 heteroatoms. The van der Waals surface area contributed by atoms with Gasteiger partial charge in [-0.25, -0.2) is 4.79 Å². The number of rotatable bonds is 8. The van der Waals surface area contributed by atoms with Gasteiger partial charge >= 0.3 is 5.97 Å². The molecule has 4 rings (SSSR count). The van der Waals surface area contributed by atoms with Gasteiger partial charge in [-0.2, -0.15) is 0 Å². The number of carboxylic acids is 1. The second-order valence-electron chi connectivity index (χ2n) is 9.27. The number of anilines is 1. The molecule has 3 N–H and O–H groups in total. The number of likely N-dealkylation sites (N-methyl/N-ethyl adjacent to an activating group) is 1. The lowest BCUT2D eigenvalue weighted by Crippen LogP contribution is -2.55. The number of ether oxygens (including phenoxy) is 2. The molecule has 39 heavy (non-hydrogen) atoms. The van der Waals surface area contributed by atoms with Gasteiger partial charge in [-0.1, -0.05) is 41.4 Å². The molecule has 0 spiro atoms. The van der Waals surface area contributed by atoms with E-state index in [1.807, 2.05) is 7.05 Å². The second-order valence-corrected chi connectivity index (χ2v) is 10.1. The van der Waals surface area contributed by atoms with E-state index >= 15 is 0 Å². The molecular weight excluding hydrogens is 551 g/mol. The van der Waals surface area contributed by atoms with Gasteiger partial charge in [-0.3, -0.25) is 14.4 Å². The quantitative estimate of drug-likeness (QED) is 0.431. The van der Waals surface area contributed by atoms with Gasteiger partial charge in [0.1, 0.15) is 12.8 Å². The van der Waals surface area contributed by atoms with Crippen molar-refractivity contribution in [1.29, 1.82) is 0 Å². The van der Waals surface area contributed by atoms with Crippen LogP contribution >= 0.6 is 23.2 Å². The molecule has 2 aromatic carbocycles. The standard InChI is InChI=1S/C26H28Cl2N4O7/c1-31-9-11-32(12-10-31)25(35)22-21(38-14-39-22)24(34)30-19(26(36)37)13-15-5-7-16(8-6-15)29-23(33)20-17(27)3-2-4-18(20)28/h2-8,19,21-22H,9-14H2,1H3,(H,29,33)(H,30,34)(H,36,37)/t19-,21+,22+/m0/s1. The van der Waals surface area contributed by atoms with E-state index in [9.17, 15) is 24.3 Å². The summed E-state index contributed by atoms with van der Waals surface area (Å²) in [5, 5.41) is 15.3. The summed E-state index contributed by atoms with van der Waals surface area (Å²) in [6, 6.07) is 9.89. The van der Waals surface area contributed by atoms with Crippen LogP contribution in [0.4, 0.5) is 5.69 Å². The number of piperazine rings is 1. The summed E-state index contributed by atoms with van der Waals surface area (Å²) in [5.74, 6) is -2.85. The summed E-state index contributed by atoms with van der Waals surface area (Å²) >= 11 is 12.2. The van der Waals surface area contributed by atoms with Crippen LogP contribution in [0, 0.1) is 0 Å². The lowest BCUT2D eigenvalue weighted by atomic mass is 10.0. The van der Waals surface area contributed by atoms with Crippen molar-refractivity contribution in [1.82, 2.24) is 15.1 Å². The summed E-state index contributed by atoms with van der Waals surface area (Å²) in [4.78, 5) is 54.1. The van der Waals surface area contributed by atoms with E-state index in [0.717, 1.165) is 0 Å². The normalized spacial score (nSPS) is 20.3. The molecule has 2 heterocycles. The fraction of sp³-hybridized carbons (Fsp3) is 0.385. The van der Waals surface area contributed by atoms with Crippen molar-refractivity contribution in [2.24, 2.45) is 0 Å². The van der Waals surface area contributed by atoms with Gasteiger partial charge in [-0.15, -0.1) is 0 Å². The first-order valence-electron chi connectivity index (χ1n) is 12.2. The van der Waals surface area contributed by atoms with Crippen LogP contribution in [0.2, 0.25) is 10.0 Å². The number of carbonyl (C=O) groups excluding carboxylic acids is 3. The number of nitrogens with zero attached hydrogens (tertiary/aromatic N) is 2. The van der Waals surface area contributed by atoms with Crippen molar-refractivity contribution < 1.29 is 33.8 Å². The molecule has 11 nitrogen and oxygen atoms in total. The van der Waals surface area contributed by atoms with Crippen LogP contribution in [0.5, 0.6) is 0 Å². The molecule has 0 unspecified atom stereocenters. The Labute approximate surface area is 234 Å². The van der Waals surface area contributed by atoms with Gasteiger partial charge in [0.25, 0.3) is 17.7 Å². The first-order valence-corrected chi connectivity index (χ1v) is 13.0. The van der Waals surface area contributed by atoms with E-state index in [0.29, 0.717) is 37.4 Å². The summed E-state index contributed by atoms with van der Waals surface area (Å²) < 4.78 is 10.7. The van der Waals surface area contributed by atoms with E-state index in [4.69, 9.17) is 32.7 Å². The minimum Gasteiger partial charge on any atom is -0.480 e. The molecule has 0 aromatic heterocycles. The molecule has 0 aliphatic carbocycles.